The van der Waals surface area contributed by atoms with Crippen LogP contribution in [0.2, 0.25) is 0 Å². The zero-order valence-electron chi connectivity index (χ0n) is 9.86. The van der Waals surface area contributed by atoms with Crippen LogP contribution >= 0.6 is 0 Å². The van der Waals surface area contributed by atoms with Crippen molar-refractivity contribution in [2.45, 2.75) is 38.8 Å². The van der Waals surface area contributed by atoms with Gasteiger partial charge in [0.25, 0.3) is 0 Å². The molecule has 0 aliphatic carbocycles. The zero-order chi connectivity index (χ0) is 11.5. The standard InChI is InChI=1S/C12H19N3O/c1-8-3-4-11(13)12(14-8)15-10-5-6-16-9(2)7-10/h3-4,9-10H,5-7,13H2,1-2H3,(H,14,15). The number of aryl methyl sites for hydroxylation is 1. The van der Waals surface area contributed by atoms with Gasteiger partial charge in [-0.25, -0.2) is 4.98 Å². The summed E-state index contributed by atoms with van der Waals surface area (Å²) in [5.41, 5.74) is 7.58. The molecule has 1 fully saturated rings. The molecule has 4 heteroatoms. The van der Waals surface area contributed by atoms with E-state index >= 15 is 0 Å². The molecule has 2 unspecified atom stereocenters. The minimum absolute atomic E-state index is 0.317. The molecule has 0 amide bonds. The summed E-state index contributed by atoms with van der Waals surface area (Å²) in [4.78, 5) is 4.41. The van der Waals surface area contributed by atoms with Crippen LogP contribution in [0, 0.1) is 6.92 Å². The molecule has 88 valence electrons. The Balaban J connectivity index is 2.05. The van der Waals surface area contributed by atoms with Gasteiger partial charge in [-0.1, -0.05) is 0 Å². The molecule has 2 heterocycles. The van der Waals surface area contributed by atoms with Crippen molar-refractivity contribution in [2.75, 3.05) is 17.7 Å². The average molecular weight is 221 g/mol. The number of nitrogens with zero attached hydrogens (tertiary/aromatic N) is 1. The number of hydrogen-bond donors (Lipinski definition) is 2. The van der Waals surface area contributed by atoms with Gasteiger partial charge in [0.15, 0.2) is 0 Å². The highest BCUT2D eigenvalue weighted by Crippen LogP contribution is 2.21. The normalized spacial score (nSPS) is 25.4. The molecule has 4 nitrogen and oxygen atoms in total. The fourth-order valence-electron chi connectivity index (χ4n) is 2.01. The molecule has 0 radical (unpaired) electrons. The van der Waals surface area contributed by atoms with E-state index in [1.54, 1.807) is 0 Å². The summed E-state index contributed by atoms with van der Waals surface area (Å²) in [6, 6.07) is 4.24. The first-order chi connectivity index (χ1) is 7.65. The first-order valence-electron chi connectivity index (χ1n) is 5.76. The molecule has 1 aromatic rings. The molecule has 1 aliphatic rings. The SMILES string of the molecule is Cc1ccc(N)c(NC2CCOC(C)C2)n1. The highest BCUT2D eigenvalue weighted by Gasteiger charge is 2.19. The van der Waals surface area contributed by atoms with Crippen LogP contribution in [0.5, 0.6) is 0 Å². The van der Waals surface area contributed by atoms with Crippen molar-refractivity contribution in [1.82, 2.24) is 4.98 Å². The quantitative estimate of drug-likeness (QED) is 0.801. The number of ether oxygens (including phenoxy) is 1. The van der Waals surface area contributed by atoms with Crippen molar-refractivity contribution in [3.8, 4) is 0 Å². The van der Waals surface area contributed by atoms with E-state index < -0.39 is 0 Å². The molecule has 1 saturated heterocycles. The maximum Gasteiger partial charge on any atom is 0.149 e. The summed E-state index contributed by atoms with van der Waals surface area (Å²) in [5.74, 6) is 0.805. The lowest BCUT2D eigenvalue weighted by Crippen LogP contribution is -2.33. The van der Waals surface area contributed by atoms with Gasteiger partial charge in [-0.15, -0.1) is 0 Å². The van der Waals surface area contributed by atoms with Gasteiger partial charge in [-0.3, -0.25) is 0 Å². The van der Waals surface area contributed by atoms with Gasteiger partial charge >= 0.3 is 0 Å². The average Bonchev–Trinajstić information content (AvgIpc) is 2.24. The van der Waals surface area contributed by atoms with E-state index in [4.69, 9.17) is 10.5 Å². The third-order valence-electron chi connectivity index (χ3n) is 2.89. The molecule has 2 atom stereocenters. The maximum atomic E-state index is 5.89. The van der Waals surface area contributed by atoms with E-state index in [-0.39, 0.29) is 0 Å². The van der Waals surface area contributed by atoms with Crippen molar-refractivity contribution in [3.05, 3.63) is 17.8 Å². The Morgan fingerprint density at radius 1 is 1.50 bits per heavy atom. The van der Waals surface area contributed by atoms with E-state index in [2.05, 4.69) is 17.2 Å². The second-order valence-corrected chi connectivity index (χ2v) is 4.44. The Morgan fingerprint density at radius 3 is 3.06 bits per heavy atom. The molecule has 1 aromatic heterocycles. The van der Waals surface area contributed by atoms with Crippen molar-refractivity contribution in [2.24, 2.45) is 0 Å². The summed E-state index contributed by atoms with van der Waals surface area (Å²) >= 11 is 0. The largest absolute Gasteiger partial charge is 0.396 e. The van der Waals surface area contributed by atoms with Gasteiger partial charge < -0.3 is 15.8 Å². The van der Waals surface area contributed by atoms with Crippen LogP contribution in [0.25, 0.3) is 0 Å². The van der Waals surface area contributed by atoms with Crippen LogP contribution in [-0.2, 0) is 4.74 Å². The highest BCUT2D eigenvalue weighted by atomic mass is 16.5. The molecule has 3 N–H and O–H groups in total. The maximum absolute atomic E-state index is 5.89. The van der Waals surface area contributed by atoms with Crippen molar-refractivity contribution in [3.63, 3.8) is 0 Å². The van der Waals surface area contributed by atoms with Crippen molar-refractivity contribution in [1.29, 1.82) is 0 Å². The number of hydrogen-bond acceptors (Lipinski definition) is 4. The van der Waals surface area contributed by atoms with Gasteiger partial charge in [-0.05, 0) is 38.8 Å². The highest BCUT2D eigenvalue weighted by molar-refractivity contribution is 5.61. The summed E-state index contributed by atoms with van der Waals surface area (Å²) in [6.45, 7) is 4.88. The van der Waals surface area contributed by atoms with Crippen molar-refractivity contribution < 1.29 is 4.74 Å². The Hall–Kier alpha value is -1.29. The van der Waals surface area contributed by atoms with E-state index in [0.717, 1.165) is 31.0 Å². The molecular formula is C12H19N3O. The molecule has 0 aromatic carbocycles. The van der Waals surface area contributed by atoms with Crippen LogP contribution in [0.3, 0.4) is 0 Å². The summed E-state index contributed by atoms with van der Waals surface area (Å²) < 4.78 is 5.51. The topological polar surface area (TPSA) is 60.2 Å². The number of anilines is 2. The first-order valence-corrected chi connectivity index (χ1v) is 5.76. The number of rotatable bonds is 2. The van der Waals surface area contributed by atoms with Gasteiger partial charge in [-0.2, -0.15) is 0 Å². The zero-order valence-corrected chi connectivity index (χ0v) is 9.86. The first kappa shape index (κ1) is 11.2. The molecule has 0 bridgehead atoms. The lowest BCUT2D eigenvalue weighted by Gasteiger charge is -2.28. The van der Waals surface area contributed by atoms with Crippen molar-refractivity contribution >= 4 is 11.5 Å². The van der Waals surface area contributed by atoms with Crippen LogP contribution in [0.1, 0.15) is 25.5 Å². The fourth-order valence-corrected chi connectivity index (χ4v) is 2.01. The Bertz CT molecular complexity index is 367. The number of nitrogens with one attached hydrogen (secondary N) is 1. The van der Waals surface area contributed by atoms with Crippen LogP contribution in [0.15, 0.2) is 12.1 Å². The minimum atomic E-state index is 0.317. The van der Waals surface area contributed by atoms with Gasteiger partial charge in [0.1, 0.15) is 5.82 Å². The second-order valence-electron chi connectivity index (χ2n) is 4.44. The third-order valence-corrected chi connectivity index (χ3v) is 2.89. The second kappa shape index (κ2) is 4.70. The van der Waals surface area contributed by atoms with Crippen LogP contribution < -0.4 is 11.1 Å². The smallest absolute Gasteiger partial charge is 0.149 e. The number of pyridine rings is 1. The molecule has 16 heavy (non-hydrogen) atoms. The Labute approximate surface area is 96.2 Å². The number of aromatic nitrogens is 1. The van der Waals surface area contributed by atoms with Gasteiger partial charge in [0.2, 0.25) is 0 Å². The summed E-state index contributed by atoms with van der Waals surface area (Å²) in [5, 5.41) is 3.40. The van der Waals surface area contributed by atoms with E-state index in [9.17, 15) is 0 Å². The molecule has 0 spiro atoms. The molecule has 0 saturated carbocycles. The summed E-state index contributed by atoms with van der Waals surface area (Å²) in [7, 11) is 0. The predicted octanol–water partition coefficient (Wildman–Crippen LogP) is 1.95. The molecule has 1 aliphatic heterocycles. The van der Waals surface area contributed by atoms with Gasteiger partial charge in [0, 0.05) is 18.3 Å². The third kappa shape index (κ3) is 2.64. The van der Waals surface area contributed by atoms with E-state index in [1.165, 1.54) is 0 Å². The van der Waals surface area contributed by atoms with Gasteiger partial charge in [0.05, 0.1) is 11.8 Å². The minimum Gasteiger partial charge on any atom is -0.396 e. The van der Waals surface area contributed by atoms with E-state index in [0.29, 0.717) is 17.8 Å². The predicted molar refractivity (Wildman–Crippen MR) is 65.4 cm³/mol. The number of nitrogens with two attached hydrogens (primary N) is 1. The van der Waals surface area contributed by atoms with Crippen LogP contribution in [-0.4, -0.2) is 23.7 Å². The monoisotopic (exact) mass is 221 g/mol. The number of nitrogen functional groups attached to an aromatic ring is 1. The molecule has 2 rings (SSSR count). The molecular weight excluding hydrogens is 202 g/mol. The fraction of sp³-hybridized carbons (Fsp3) is 0.583. The lowest BCUT2D eigenvalue weighted by molar-refractivity contribution is 0.0232. The lowest BCUT2D eigenvalue weighted by atomic mass is 10.0. The van der Waals surface area contributed by atoms with Crippen LogP contribution in [0.4, 0.5) is 11.5 Å². The van der Waals surface area contributed by atoms with E-state index in [1.807, 2.05) is 19.1 Å². The summed E-state index contributed by atoms with van der Waals surface area (Å²) in [6.07, 6.45) is 2.34. The Kier molecular flexibility index (Phi) is 3.29. The Morgan fingerprint density at radius 2 is 2.31 bits per heavy atom.